The van der Waals surface area contributed by atoms with E-state index in [-0.39, 0.29) is 0 Å². The highest BCUT2D eigenvalue weighted by Gasteiger charge is 2.41. The van der Waals surface area contributed by atoms with E-state index in [9.17, 15) is 10.2 Å². The highest BCUT2D eigenvalue weighted by molar-refractivity contribution is 9.10. The second-order valence-corrected chi connectivity index (χ2v) is 4.32. The number of nitrogen functional groups attached to an aromatic ring is 1. The van der Waals surface area contributed by atoms with Gasteiger partial charge in [-0.15, -0.1) is 0 Å². The molecule has 1 fully saturated rings. The fraction of sp³-hybridized carbons (Fsp3) is 0.625. The van der Waals surface area contributed by atoms with E-state index in [0.29, 0.717) is 10.3 Å². The molecule has 84 valence electrons. The number of aliphatic hydroxyl groups excluding tert-OH is 2. The molecular formula is C8H12BrN3O3. The summed E-state index contributed by atoms with van der Waals surface area (Å²) < 4.78 is 7.26. The van der Waals surface area contributed by atoms with Gasteiger partial charge in [0.25, 0.3) is 0 Å². The number of rotatable bonds is 1. The molecule has 1 aromatic heterocycles. The molecule has 0 saturated carbocycles. The van der Waals surface area contributed by atoms with Crippen molar-refractivity contribution in [2.45, 2.75) is 31.5 Å². The molecule has 0 radical (unpaired) electrons. The van der Waals surface area contributed by atoms with Gasteiger partial charge < -0.3 is 20.7 Å². The summed E-state index contributed by atoms with van der Waals surface area (Å²) in [7, 11) is 0. The van der Waals surface area contributed by atoms with E-state index < -0.39 is 24.5 Å². The van der Waals surface area contributed by atoms with Gasteiger partial charge in [0.1, 0.15) is 12.2 Å². The molecule has 4 atom stereocenters. The van der Waals surface area contributed by atoms with E-state index >= 15 is 0 Å². The number of halogens is 1. The van der Waals surface area contributed by atoms with Crippen molar-refractivity contribution >= 4 is 21.6 Å². The number of nitrogens with two attached hydrogens (primary N) is 1. The molecule has 4 N–H and O–H groups in total. The van der Waals surface area contributed by atoms with Crippen LogP contribution in [-0.4, -0.2) is 38.3 Å². The third-order valence-corrected chi connectivity index (χ3v) is 3.07. The van der Waals surface area contributed by atoms with E-state index in [0.717, 1.165) is 0 Å². The highest BCUT2D eigenvalue weighted by atomic mass is 79.9. The minimum Gasteiger partial charge on any atom is -0.395 e. The molecule has 1 aliphatic rings. The van der Waals surface area contributed by atoms with Crippen molar-refractivity contribution in [3.63, 3.8) is 0 Å². The van der Waals surface area contributed by atoms with Gasteiger partial charge in [-0.2, -0.15) is 5.10 Å². The molecular weight excluding hydrogens is 266 g/mol. The maximum atomic E-state index is 9.69. The summed E-state index contributed by atoms with van der Waals surface area (Å²) in [6, 6.07) is 0. The monoisotopic (exact) mass is 277 g/mol. The standard InChI is InChI=1S/C8H12BrN3O3/c1-3-5(13)6(14)8(15-3)12-2-4(10)7(9)11-12/h2-3,5-6,8,13-14H,10H2,1H3/t3-,5+,6+,8+/m0/s1. The average Bonchev–Trinajstić information content (AvgIpc) is 2.63. The summed E-state index contributed by atoms with van der Waals surface area (Å²) in [5.74, 6) is 0. The lowest BCUT2D eigenvalue weighted by atomic mass is 10.1. The maximum Gasteiger partial charge on any atom is 0.179 e. The summed E-state index contributed by atoms with van der Waals surface area (Å²) in [6.07, 6.45) is -1.47. The van der Waals surface area contributed by atoms with Gasteiger partial charge in [-0.25, -0.2) is 4.68 Å². The number of anilines is 1. The van der Waals surface area contributed by atoms with Gasteiger partial charge in [0.15, 0.2) is 10.8 Å². The van der Waals surface area contributed by atoms with Crippen LogP contribution in [0.3, 0.4) is 0 Å². The molecule has 2 rings (SSSR count). The Kier molecular flexibility index (Phi) is 2.72. The summed E-state index contributed by atoms with van der Waals surface area (Å²) in [5.41, 5.74) is 6.05. The Morgan fingerprint density at radius 2 is 2.20 bits per heavy atom. The average molecular weight is 278 g/mol. The van der Waals surface area contributed by atoms with Gasteiger partial charge in [0.05, 0.1) is 18.0 Å². The van der Waals surface area contributed by atoms with Crippen molar-refractivity contribution in [3.8, 4) is 0 Å². The predicted octanol–water partition coefficient (Wildman–Crippen LogP) is -0.133. The van der Waals surface area contributed by atoms with E-state index in [1.54, 1.807) is 13.1 Å². The summed E-state index contributed by atoms with van der Waals surface area (Å²) in [5, 5.41) is 23.2. The van der Waals surface area contributed by atoms with Crippen molar-refractivity contribution in [1.82, 2.24) is 9.78 Å². The first-order chi connectivity index (χ1) is 7.00. The maximum absolute atomic E-state index is 9.69. The first kappa shape index (κ1) is 10.9. The molecule has 2 heterocycles. The van der Waals surface area contributed by atoms with Crippen LogP contribution in [0.4, 0.5) is 5.69 Å². The summed E-state index contributed by atoms with van der Waals surface area (Å²) >= 11 is 3.16. The zero-order chi connectivity index (χ0) is 11.2. The lowest BCUT2D eigenvalue weighted by Gasteiger charge is -2.14. The Balaban J connectivity index is 2.25. The second-order valence-electron chi connectivity index (χ2n) is 3.57. The van der Waals surface area contributed by atoms with Crippen LogP contribution < -0.4 is 5.73 Å². The van der Waals surface area contributed by atoms with Gasteiger partial charge in [0, 0.05) is 0 Å². The number of aliphatic hydroxyl groups is 2. The van der Waals surface area contributed by atoms with E-state index in [1.165, 1.54) is 4.68 Å². The summed E-state index contributed by atoms with van der Waals surface area (Å²) in [6.45, 7) is 1.69. The highest BCUT2D eigenvalue weighted by Crippen LogP contribution is 2.30. The quantitative estimate of drug-likeness (QED) is 0.665. The first-order valence-electron chi connectivity index (χ1n) is 4.52. The van der Waals surface area contributed by atoms with Gasteiger partial charge in [-0.3, -0.25) is 0 Å². The van der Waals surface area contributed by atoms with Gasteiger partial charge in [0.2, 0.25) is 0 Å². The fourth-order valence-electron chi connectivity index (χ4n) is 1.56. The molecule has 0 unspecified atom stereocenters. The lowest BCUT2D eigenvalue weighted by Crippen LogP contribution is -2.30. The van der Waals surface area contributed by atoms with Gasteiger partial charge >= 0.3 is 0 Å². The molecule has 0 aromatic carbocycles. The minimum absolute atomic E-state index is 0.422. The molecule has 0 spiro atoms. The Morgan fingerprint density at radius 3 is 2.60 bits per heavy atom. The molecule has 1 aromatic rings. The van der Waals surface area contributed by atoms with Crippen LogP contribution in [0.5, 0.6) is 0 Å². The molecule has 0 amide bonds. The Hall–Kier alpha value is -0.630. The van der Waals surface area contributed by atoms with Crippen LogP contribution in [0.15, 0.2) is 10.8 Å². The van der Waals surface area contributed by atoms with Gasteiger partial charge in [-0.05, 0) is 22.9 Å². The SMILES string of the molecule is C[C@@H]1O[C@@H](n2cc(N)c(Br)n2)[C@H](O)[C@@H]1O. The molecule has 1 aliphatic heterocycles. The van der Waals surface area contributed by atoms with Crippen molar-refractivity contribution in [2.24, 2.45) is 0 Å². The molecule has 7 heteroatoms. The second kappa shape index (κ2) is 3.75. The van der Waals surface area contributed by atoms with E-state index in [4.69, 9.17) is 10.5 Å². The zero-order valence-corrected chi connectivity index (χ0v) is 9.63. The number of nitrogens with zero attached hydrogens (tertiary/aromatic N) is 2. The van der Waals surface area contributed by atoms with Crippen molar-refractivity contribution in [1.29, 1.82) is 0 Å². The number of hydrogen-bond donors (Lipinski definition) is 3. The van der Waals surface area contributed by atoms with Crippen LogP contribution in [0.2, 0.25) is 0 Å². The number of ether oxygens (including phenoxy) is 1. The van der Waals surface area contributed by atoms with Gasteiger partial charge in [-0.1, -0.05) is 0 Å². The largest absolute Gasteiger partial charge is 0.395 e. The molecule has 1 saturated heterocycles. The van der Waals surface area contributed by atoms with Crippen molar-refractivity contribution < 1.29 is 14.9 Å². The predicted molar refractivity (Wildman–Crippen MR) is 55.9 cm³/mol. The molecule has 15 heavy (non-hydrogen) atoms. The molecule has 0 aliphatic carbocycles. The van der Waals surface area contributed by atoms with Crippen LogP contribution in [0.1, 0.15) is 13.2 Å². The third kappa shape index (κ3) is 1.76. The number of aromatic nitrogens is 2. The molecule has 6 nitrogen and oxygen atoms in total. The Labute approximate surface area is 94.8 Å². The lowest BCUT2D eigenvalue weighted by molar-refractivity contribution is -0.0398. The van der Waals surface area contributed by atoms with Crippen LogP contribution in [-0.2, 0) is 4.74 Å². The van der Waals surface area contributed by atoms with Crippen molar-refractivity contribution in [3.05, 3.63) is 10.8 Å². The fourth-order valence-corrected chi connectivity index (χ4v) is 1.85. The Bertz CT molecular complexity index is 351. The van der Waals surface area contributed by atoms with Crippen LogP contribution in [0.25, 0.3) is 0 Å². The third-order valence-electron chi connectivity index (χ3n) is 2.45. The molecule has 0 bridgehead atoms. The van der Waals surface area contributed by atoms with Crippen LogP contribution in [0, 0.1) is 0 Å². The normalized spacial score (nSPS) is 36.0. The smallest absolute Gasteiger partial charge is 0.179 e. The summed E-state index contributed by atoms with van der Waals surface area (Å²) in [4.78, 5) is 0. The first-order valence-corrected chi connectivity index (χ1v) is 5.31. The van der Waals surface area contributed by atoms with Crippen molar-refractivity contribution in [2.75, 3.05) is 5.73 Å². The Morgan fingerprint density at radius 1 is 1.53 bits per heavy atom. The topological polar surface area (TPSA) is 93.5 Å². The number of hydrogen-bond acceptors (Lipinski definition) is 5. The van der Waals surface area contributed by atoms with E-state index in [2.05, 4.69) is 21.0 Å². The minimum atomic E-state index is -0.994. The van der Waals surface area contributed by atoms with E-state index in [1.807, 2.05) is 0 Å². The zero-order valence-electron chi connectivity index (χ0n) is 8.04. The van der Waals surface area contributed by atoms with Crippen LogP contribution >= 0.6 is 15.9 Å².